The summed E-state index contributed by atoms with van der Waals surface area (Å²) in [5.41, 5.74) is 5.20. The van der Waals surface area contributed by atoms with Crippen molar-refractivity contribution < 1.29 is 14.3 Å². The van der Waals surface area contributed by atoms with E-state index in [1.165, 1.54) is 0 Å². The van der Waals surface area contributed by atoms with E-state index in [9.17, 15) is 4.79 Å². The monoisotopic (exact) mass is 218 g/mol. The first-order valence-corrected chi connectivity index (χ1v) is 5.15. The Labute approximate surface area is 91.3 Å². The van der Waals surface area contributed by atoms with E-state index in [4.69, 9.17) is 15.2 Å². The van der Waals surface area contributed by atoms with E-state index in [1.807, 2.05) is 27.7 Å². The lowest BCUT2D eigenvalue weighted by molar-refractivity contribution is 0.0515. The molecular formula is C10H22N2O3. The van der Waals surface area contributed by atoms with Crippen LogP contribution in [-0.2, 0) is 9.47 Å². The van der Waals surface area contributed by atoms with Gasteiger partial charge in [-0.25, -0.2) is 4.79 Å². The second kappa shape index (κ2) is 6.63. The molecule has 0 aliphatic rings. The second-order valence-electron chi connectivity index (χ2n) is 4.30. The molecule has 0 saturated carbocycles. The van der Waals surface area contributed by atoms with Crippen LogP contribution in [0.5, 0.6) is 0 Å². The van der Waals surface area contributed by atoms with Crippen LogP contribution in [0.4, 0.5) is 4.79 Å². The quantitative estimate of drug-likeness (QED) is 0.718. The van der Waals surface area contributed by atoms with E-state index in [0.717, 1.165) is 0 Å². The summed E-state index contributed by atoms with van der Waals surface area (Å²) < 4.78 is 10.2. The third-order valence-corrected chi connectivity index (χ3v) is 1.44. The highest BCUT2D eigenvalue weighted by Crippen LogP contribution is 2.06. The van der Waals surface area contributed by atoms with Crippen molar-refractivity contribution in [3.63, 3.8) is 0 Å². The molecule has 0 spiro atoms. The number of hydrogen-bond donors (Lipinski definition) is 2. The van der Waals surface area contributed by atoms with Crippen molar-refractivity contribution in [2.24, 2.45) is 5.73 Å². The second-order valence-corrected chi connectivity index (χ2v) is 4.30. The normalized spacial score (nSPS) is 13.4. The highest BCUT2D eigenvalue weighted by atomic mass is 16.6. The molecule has 0 unspecified atom stereocenters. The SMILES string of the molecule is CCOC[C@H](N)CNC(=O)OC(C)(C)C. The molecule has 0 fully saturated rings. The Bertz CT molecular complexity index is 190. The predicted molar refractivity (Wildman–Crippen MR) is 58.7 cm³/mol. The highest BCUT2D eigenvalue weighted by Gasteiger charge is 2.16. The molecule has 90 valence electrons. The molecule has 0 bridgehead atoms. The van der Waals surface area contributed by atoms with Crippen LogP contribution in [0, 0.1) is 0 Å². The largest absolute Gasteiger partial charge is 0.444 e. The minimum atomic E-state index is -0.478. The molecule has 0 saturated heterocycles. The molecule has 0 heterocycles. The van der Waals surface area contributed by atoms with Gasteiger partial charge in [0, 0.05) is 19.2 Å². The first-order chi connectivity index (χ1) is 6.85. The van der Waals surface area contributed by atoms with Crippen LogP contribution in [0.3, 0.4) is 0 Å². The molecule has 0 rings (SSSR count). The van der Waals surface area contributed by atoms with Crippen LogP contribution in [0.1, 0.15) is 27.7 Å². The van der Waals surface area contributed by atoms with Gasteiger partial charge in [-0.3, -0.25) is 0 Å². The van der Waals surface area contributed by atoms with Gasteiger partial charge in [0.15, 0.2) is 0 Å². The van der Waals surface area contributed by atoms with Crippen LogP contribution in [-0.4, -0.2) is 37.5 Å². The Morgan fingerprint density at radius 1 is 1.47 bits per heavy atom. The molecule has 0 aliphatic carbocycles. The van der Waals surface area contributed by atoms with Crippen molar-refractivity contribution in [2.75, 3.05) is 19.8 Å². The number of alkyl carbamates (subject to hydrolysis) is 1. The summed E-state index contributed by atoms with van der Waals surface area (Å²) in [6.07, 6.45) is -0.450. The summed E-state index contributed by atoms with van der Waals surface area (Å²) in [5, 5.41) is 2.58. The topological polar surface area (TPSA) is 73.6 Å². The van der Waals surface area contributed by atoms with Crippen molar-refractivity contribution in [3.8, 4) is 0 Å². The van der Waals surface area contributed by atoms with Crippen LogP contribution in [0.2, 0.25) is 0 Å². The lowest BCUT2D eigenvalue weighted by atomic mass is 10.2. The first-order valence-electron chi connectivity index (χ1n) is 5.15. The highest BCUT2D eigenvalue weighted by molar-refractivity contribution is 5.67. The van der Waals surface area contributed by atoms with Crippen molar-refractivity contribution in [2.45, 2.75) is 39.3 Å². The number of rotatable bonds is 5. The van der Waals surface area contributed by atoms with Gasteiger partial charge in [-0.15, -0.1) is 0 Å². The molecule has 5 heteroatoms. The molecular weight excluding hydrogens is 196 g/mol. The third kappa shape index (κ3) is 9.49. The molecule has 0 radical (unpaired) electrons. The van der Waals surface area contributed by atoms with Gasteiger partial charge in [0.25, 0.3) is 0 Å². The number of nitrogens with one attached hydrogen (secondary N) is 1. The fourth-order valence-electron chi connectivity index (χ4n) is 0.857. The Hall–Kier alpha value is -0.810. The zero-order valence-corrected chi connectivity index (χ0v) is 10.0. The van der Waals surface area contributed by atoms with Crippen molar-refractivity contribution in [1.82, 2.24) is 5.32 Å². The first kappa shape index (κ1) is 14.2. The standard InChI is InChI=1S/C10H22N2O3/c1-5-14-7-8(11)6-12-9(13)15-10(2,3)4/h8H,5-7,11H2,1-4H3,(H,12,13)/t8-/m1/s1. The van der Waals surface area contributed by atoms with Crippen LogP contribution in [0.25, 0.3) is 0 Å². The molecule has 0 aliphatic heterocycles. The predicted octanol–water partition coefficient (Wildman–Crippen LogP) is 0.875. The summed E-state index contributed by atoms with van der Waals surface area (Å²) in [6.45, 7) is 8.75. The third-order valence-electron chi connectivity index (χ3n) is 1.44. The maximum absolute atomic E-state index is 11.2. The van der Waals surface area contributed by atoms with Gasteiger partial charge in [0.1, 0.15) is 5.60 Å². The summed E-state index contributed by atoms with van der Waals surface area (Å²) in [5.74, 6) is 0. The molecule has 15 heavy (non-hydrogen) atoms. The Morgan fingerprint density at radius 2 is 2.07 bits per heavy atom. The van der Waals surface area contributed by atoms with E-state index in [-0.39, 0.29) is 6.04 Å². The Kier molecular flexibility index (Phi) is 6.27. The Balaban J connectivity index is 3.62. The summed E-state index contributed by atoms with van der Waals surface area (Å²) in [7, 11) is 0. The molecule has 5 nitrogen and oxygen atoms in total. The lowest BCUT2D eigenvalue weighted by Crippen LogP contribution is -2.42. The number of carbonyl (C=O) groups excluding carboxylic acids is 1. The van der Waals surface area contributed by atoms with Crippen LogP contribution in [0.15, 0.2) is 0 Å². The molecule has 1 atom stereocenters. The van der Waals surface area contributed by atoms with Gasteiger partial charge in [0.2, 0.25) is 0 Å². The fraction of sp³-hybridized carbons (Fsp3) is 0.900. The van der Waals surface area contributed by atoms with Gasteiger partial charge in [-0.1, -0.05) is 0 Å². The van der Waals surface area contributed by atoms with Gasteiger partial charge in [0.05, 0.1) is 6.61 Å². The molecule has 0 aromatic carbocycles. The molecule has 0 aromatic heterocycles. The summed E-state index contributed by atoms with van der Waals surface area (Å²) >= 11 is 0. The zero-order chi connectivity index (χ0) is 11.9. The number of amides is 1. The van der Waals surface area contributed by atoms with Gasteiger partial charge >= 0.3 is 6.09 Å². The van der Waals surface area contributed by atoms with Crippen LogP contribution < -0.4 is 11.1 Å². The smallest absolute Gasteiger partial charge is 0.407 e. The number of ether oxygens (including phenoxy) is 2. The van der Waals surface area contributed by atoms with E-state index >= 15 is 0 Å². The molecule has 3 N–H and O–H groups in total. The minimum absolute atomic E-state index is 0.197. The maximum Gasteiger partial charge on any atom is 0.407 e. The average molecular weight is 218 g/mol. The number of hydrogen-bond acceptors (Lipinski definition) is 4. The van der Waals surface area contributed by atoms with Crippen molar-refractivity contribution >= 4 is 6.09 Å². The van der Waals surface area contributed by atoms with E-state index in [0.29, 0.717) is 19.8 Å². The number of nitrogens with two attached hydrogens (primary N) is 1. The van der Waals surface area contributed by atoms with Gasteiger partial charge in [-0.05, 0) is 27.7 Å². The van der Waals surface area contributed by atoms with Crippen molar-refractivity contribution in [3.05, 3.63) is 0 Å². The lowest BCUT2D eigenvalue weighted by Gasteiger charge is -2.20. The zero-order valence-electron chi connectivity index (χ0n) is 10.0. The van der Waals surface area contributed by atoms with Crippen LogP contribution >= 0.6 is 0 Å². The van der Waals surface area contributed by atoms with E-state index < -0.39 is 11.7 Å². The summed E-state index contributed by atoms with van der Waals surface area (Å²) in [6, 6.07) is -0.197. The van der Waals surface area contributed by atoms with Crippen molar-refractivity contribution in [1.29, 1.82) is 0 Å². The van der Waals surface area contributed by atoms with E-state index in [1.54, 1.807) is 0 Å². The fourth-order valence-corrected chi connectivity index (χ4v) is 0.857. The van der Waals surface area contributed by atoms with Gasteiger partial charge < -0.3 is 20.5 Å². The Morgan fingerprint density at radius 3 is 2.53 bits per heavy atom. The molecule has 1 amide bonds. The summed E-state index contributed by atoms with van der Waals surface area (Å²) in [4.78, 5) is 11.2. The van der Waals surface area contributed by atoms with E-state index in [2.05, 4.69) is 5.32 Å². The molecule has 0 aromatic rings. The van der Waals surface area contributed by atoms with Gasteiger partial charge in [-0.2, -0.15) is 0 Å². The maximum atomic E-state index is 11.2. The number of carbonyl (C=O) groups is 1. The minimum Gasteiger partial charge on any atom is -0.444 e. The average Bonchev–Trinajstić information content (AvgIpc) is 2.08.